The van der Waals surface area contributed by atoms with Gasteiger partial charge < -0.3 is 14.8 Å². The summed E-state index contributed by atoms with van der Waals surface area (Å²) in [5, 5.41) is 3.94. The Hall–Kier alpha value is -2.97. The number of aromatic nitrogens is 1. The third kappa shape index (κ3) is 3.53. The molecule has 8 heteroatoms. The van der Waals surface area contributed by atoms with Gasteiger partial charge in [0.1, 0.15) is 5.01 Å². The number of benzene rings is 2. The molecule has 0 bridgehead atoms. The van der Waals surface area contributed by atoms with Crippen molar-refractivity contribution in [2.24, 2.45) is 0 Å². The second-order valence-electron chi connectivity index (χ2n) is 7.50. The minimum Gasteiger partial charge on any atom is -0.454 e. The van der Waals surface area contributed by atoms with E-state index in [1.54, 1.807) is 23.5 Å². The molecule has 5 rings (SSSR count). The number of likely N-dealkylation sites (tertiary alicyclic amines) is 1. The van der Waals surface area contributed by atoms with Gasteiger partial charge in [-0.1, -0.05) is 12.1 Å². The van der Waals surface area contributed by atoms with Crippen molar-refractivity contribution in [2.45, 2.75) is 25.8 Å². The molecule has 1 aromatic heterocycles. The molecule has 7 nitrogen and oxygen atoms in total. The topological polar surface area (TPSA) is 80.8 Å². The van der Waals surface area contributed by atoms with Crippen LogP contribution in [0, 0.1) is 0 Å². The summed E-state index contributed by atoms with van der Waals surface area (Å²) >= 11 is 1.69. The van der Waals surface area contributed by atoms with Gasteiger partial charge in [-0.15, -0.1) is 11.3 Å². The number of carbonyl (C=O) groups excluding carboxylic acids is 2. The molecule has 154 valence electrons. The molecule has 3 heterocycles. The molecule has 1 amide bonds. The molecule has 0 spiro atoms. The molecule has 2 aromatic carbocycles. The van der Waals surface area contributed by atoms with Crippen molar-refractivity contribution in [3.05, 3.63) is 47.0 Å². The highest BCUT2D eigenvalue weighted by molar-refractivity contribution is 7.18. The SMILES string of the molecule is CC(=O)c1cc2c(cc1NC(=O)CN1CCC[C@@H]1c1nc3ccccc3s1)OCO2. The number of para-hydroxylation sites is 1. The first-order chi connectivity index (χ1) is 14.6. The lowest BCUT2D eigenvalue weighted by Gasteiger charge is -2.22. The van der Waals surface area contributed by atoms with Gasteiger partial charge in [0, 0.05) is 11.6 Å². The normalized spacial score (nSPS) is 18.1. The number of thiazole rings is 1. The van der Waals surface area contributed by atoms with Gasteiger partial charge in [0.25, 0.3) is 0 Å². The maximum Gasteiger partial charge on any atom is 0.238 e. The van der Waals surface area contributed by atoms with Crippen LogP contribution in [0.1, 0.15) is 41.2 Å². The number of hydrogen-bond acceptors (Lipinski definition) is 7. The number of amides is 1. The van der Waals surface area contributed by atoms with Crippen molar-refractivity contribution in [1.82, 2.24) is 9.88 Å². The van der Waals surface area contributed by atoms with E-state index < -0.39 is 0 Å². The number of nitrogens with one attached hydrogen (secondary N) is 1. The van der Waals surface area contributed by atoms with E-state index in [4.69, 9.17) is 14.5 Å². The highest BCUT2D eigenvalue weighted by atomic mass is 32.1. The monoisotopic (exact) mass is 423 g/mol. The number of hydrogen-bond donors (Lipinski definition) is 1. The van der Waals surface area contributed by atoms with E-state index >= 15 is 0 Å². The van der Waals surface area contributed by atoms with Gasteiger partial charge in [-0.2, -0.15) is 0 Å². The van der Waals surface area contributed by atoms with Crippen LogP contribution in [0.15, 0.2) is 36.4 Å². The number of anilines is 1. The molecule has 3 aromatic rings. The van der Waals surface area contributed by atoms with Crippen molar-refractivity contribution in [1.29, 1.82) is 0 Å². The fourth-order valence-corrected chi connectivity index (χ4v) is 5.18. The van der Waals surface area contributed by atoms with Gasteiger partial charge in [0.05, 0.1) is 28.5 Å². The second kappa shape index (κ2) is 7.70. The van der Waals surface area contributed by atoms with Crippen LogP contribution in [0.5, 0.6) is 11.5 Å². The molecule has 0 aliphatic carbocycles. The van der Waals surface area contributed by atoms with Crippen LogP contribution in [0.25, 0.3) is 10.2 Å². The average Bonchev–Trinajstić information content (AvgIpc) is 3.45. The van der Waals surface area contributed by atoms with Crippen LogP contribution in [0.4, 0.5) is 5.69 Å². The van der Waals surface area contributed by atoms with E-state index in [1.165, 1.54) is 6.92 Å². The van der Waals surface area contributed by atoms with E-state index in [9.17, 15) is 9.59 Å². The fourth-order valence-electron chi connectivity index (χ4n) is 4.04. The average molecular weight is 423 g/mol. The van der Waals surface area contributed by atoms with Gasteiger partial charge in [0.2, 0.25) is 12.7 Å². The molecule has 1 N–H and O–H groups in total. The Morgan fingerprint density at radius 1 is 1.23 bits per heavy atom. The van der Waals surface area contributed by atoms with Crippen molar-refractivity contribution in [3.8, 4) is 11.5 Å². The molecule has 1 atom stereocenters. The standard InChI is InChI=1S/C22H21N3O4S/c1-13(26)14-9-18-19(29-12-28-18)10-16(14)23-21(27)11-25-8-4-6-17(25)22-24-15-5-2-3-7-20(15)30-22/h2-3,5,7,9-10,17H,4,6,8,11-12H2,1H3,(H,23,27)/t17-/m1/s1. The number of Topliss-reactive ketones (excluding diaryl/α,β-unsaturated/α-hetero) is 1. The predicted molar refractivity (Wildman–Crippen MR) is 114 cm³/mol. The summed E-state index contributed by atoms with van der Waals surface area (Å²) in [5.74, 6) is 0.749. The van der Waals surface area contributed by atoms with Gasteiger partial charge >= 0.3 is 0 Å². The largest absolute Gasteiger partial charge is 0.454 e. The number of fused-ring (bicyclic) bond motifs is 2. The van der Waals surface area contributed by atoms with Crippen molar-refractivity contribution < 1.29 is 19.1 Å². The highest BCUT2D eigenvalue weighted by Gasteiger charge is 2.30. The van der Waals surface area contributed by atoms with Gasteiger partial charge in [-0.05, 0) is 44.5 Å². The number of ether oxygens (including phenoxy) is 2. The highest BCUT2D eigenvalue weighted by Crippen LogP contribution is 2.38. The maximum atomic E-state index is 12.8. The third-order valence-corrected chi connectivity index (χ3v) is 6.61. The Morgan fingerprint density at radius 3 is 2.83 bits per heavy atom. The summed E-state index contributed by atoms with van der Waals surface area (Å²) < 4.78 is 11.9. The second-order valence-corrected chi connectivity index (χ2v) is 8.57. The van der Waals surface area contributed by atoms with Crippen LogP contribution < -0.4 is 14.8 Å². The Bertz CT molecular complexity index is 1110. The van der Waals surface area contributed by atoms with Crippen LogP contribution >= 0.6 is 11.3 Å². The Kier molecular flexibility index (Phi) is 4.88. The first-order valence-electron chi connectivity index (χ1n) is 9.92. The lowest BCUT2D eigenvalue weighted by Crippen LogP contribution is -2.33. The van der Waals surface area contributed by atoms with Crippen LogP contribution in [0.2, 0.25) is 0 Å². The summed E-state index contributed by atoms with van der Waals surface area (Å²) in [6.07, 6.45) is 2.01. The molecule has 1 saturated heterocycles. The summed E-state index contributed by atoms with van der Waals surface area (Å²) in [7, 11) is 0. The Morgan fingerprint density at radius 2 is 2.03 bits per heavy atom. The molecule has 1 fully saturated rings. The minimum atomic E-state index is -0.163. The fraction of sp³-hybridized carbons (Fsp3) is 0.318. The van der Waals surface area contributed by atoms with Crippen LogP contribution in [0.3, 0.4) is 0 Å². The van der Waals surface area contributed by atoms with E-state index in [1.807, 2.05) is 18.2 Å². The quantitative estimate of drug-likeness (QED) is 0.625. The number of carbonyl (C=O) groups is 2. The van der Waals surface area contributed by atoms with Crippen molar-refractivity contribution in [2.75, 3.05) is 25.2 Å². The van der Waals surface area contributed by atoms with Gasteiger partial charge in [-0.25, -0.2) is 4.98 Å². The van der Waals surface area contributed by atoms with Crippen LogP contribution in [-0.4, -0.2) is 41.5 Å². The first-order valence-corrected chi connectivity index (χ1v) is 10.7. The number of rotatable bonds is 5. The zero-order valence-electron chi connectivity index (χ0n) is 16.5. The van der Waals surface area contributed by atoms with E-state index in [0.29, 0.717) is 22.7 Å². The number of ketones is 1. The van der Waals surface area contributed by atoms with Gasteiger partial charge in [0.15, 0.2) is 17.3 Å². The number of nitrogens with zero attached hydrogens (tertiary/aromatic N) is 2. The Labute approximate surface area is 177 Å². The van der Waals surface area contributed by atoms with E-state index in [-0.39, 0.29) is 31.1 Å². The molecular formula is C22H21N3O4S. The minimum absolute atomic E-state index is 0.113. The smallest absolute Gasteiger partial charge is 0.238 e. The van der Waals surface area contributed by atoms with E-state index in [2.05, 4.69) is 16.3 Å². The predicted octanol–water partition coefficient (Wildman–Crippen LogP) is 4.00. The van der Waals surface area contributed by atoms with Gasteiger partial charge in [-0.3, -0.25) is 14.5 Å². The molecular weight excluding hydrogens is 402 g/mol. The summed E-state index contributed by atoms with van der Waals surface area (Å²) in [6.45, 7) is 2.67. The summed E-state index contributed by atoms with van der Waals surface area (Å²) in [5.41, 5.74) is 1.87. The molecule has 0 saturated carbocycles. The molecule has 30 heavy (non-hydrogen) atoms. The van der Waals surface area contributed by atoms with Crippen LogP contribution in [-0.2, 0) is 4.79 Å². The lowest BCUT2D eigenvalue weighted by atomic mass is 10.1. The zero-order chi connectivity index (χ0) is 20.7. The Balaban J connectivity index is 1.33. The maximum absolute atomic E-state index is 12.8. The first kappa shape index (κ1) is 19.0. The summed E-state index contributed by atoms with van der Waals surface area (Å²) in [6, 6.07) is 11.5. The summed E-state index contributed by atoms with van der Waals surface area (Å²) in [4.78, 5) is 31.8. The van der Waals surface area contributed by atoms with Crippen molar-refractivity contribution in [3.63, 3.8) is 0 Å². The molecule has 2 aliphatic rings. The third-order valence-electron chi connectivity index (χ3n) is 5.47. The lowest BCUT2D eigenvalue weighted by molar-refractivity contribution is -0.117. The molecule has 2 aliphatic heterocycles. The van der Waals surface area contributed by atoms with Crippen molar-refractivity contribution >= 4 is 38.9 Å². The molecule has 0 unspecified atom stereocenters. The molecule has 0 radical (unpaired) electrons. The zero-order valence-corrected chi connectivity index (χ0v) is 17.3. The van der Waals surface area contributed by atoms with E-state index in [0.717, 1.165) is 34.6 Å².